The van der Waals surface area contributed by atoms with Gasteiger partial charge in [-0.15, -0.1) is 0 Å². The van der Waals surface area contributed by atoms with Crippen LogP contribution in [0.25, 0.3) is 0 Å². The number of amides is 1. The number of nitrogens with one attached hydrogen (secondary N) is 1. The van der Waals surface area contributed by atoms with Crippen LogP contribution in [0.15, 0.2) is 47.5 Å². The Kier molecular flexibility index (Phi) is 5.93. The standard InChI is InChI=1S/C16H18ClN3O3S/c1-3-20(4-2)24(22,23)12-8-9-14(17)13(11-12)16(21)19-15-7-5-6-10-18-15/h5-11H,3-4H2,1-2H3,(H,18,19,21). The van der Waals surface area contributed by atoms with E-state index in [2.05, 4.69) is 10.3 Å². The van der Waals surface area contributed by atoms with Gasteiger partial charge < -0.3 is 5.32 Å². The van der Waals surface area contributed by atoms with E-state index in [4.69, 9.17) is 11.6 Å². The Morgan fingerprint density at radius 2 is 1.92 bits per heavy atom. The van der Waals surface area contributed by atoms with Crippen LogP contribution in [0.2, 0.25) is 5.02 Å². The molecule has 6 nitrogen and oxygen atoms in total. The van der Waals surface area contributed by atoms with Gasteiger partial charge in [0, 0.05) is 19.3 Å². The number of aromatic nitrogens is 1. The fourth-order valence-corrected chi connectivity index (χ4v) is 3.86. The van der Waals surface area contributed by atoms with Gasteiger partial charge in [-0.3, -0.25) is 4.79 Å². The summed E-state index contributed by atoms with van der Waals surface area (Å²) in [6, 6.07) is 9.17. The van der Waals surface area contributed by atoms with E-state index in [1.165, 1.54) is 22.5 Å². The molecule has 0 aliphatic carbocycles. The largest absolute Gasteiger partial charge is 0.307 e. The summed E-state index contributed by atoms with van der Waals surface area (Å²) in [4.78, 5) is 16.4. The van der Waals surface area contributed by atoms with Crippen molar-refractivity contribution in [1.82, 2.24) is 9.29 Å². The molecule has 1 amide bonds. The summed E-state index contributed by atoms with van der Waals surface area (Å²) in [5.74, 6) is -0.161. The van der Waals surface area contributed by atoms with Crippen LogP contribution in [-0.4, -0.2) is 36.7 Å². The van der Waals surface area contributed by atoms with E-state index in [-0.39, 0.29) is 15.5 Å². The number of pyridine rings is 1. The number of nitrogens with zero attached hydrogens (tertiary/aromatic N) is 2. The Morgan fingerprint density at radius 1 is 1.21 bits per heavy atom. The summed E-state index contributed by atoms with van der Waals surface area (Å²) < 4.78 is 26.5. The van der Waals surface area contributed by atoms with Crippen LogP contribution in [0.1, 0.15) is 24.2 Å². The molecule has 2 rings (SSSR count). The van der Waals surface area contributed by atoms with E-state index in [1.807, 2.05) is 0 Å². The van der Waals surface area contributed by atoms with Crippen LogP contribution >= 0.6 is 11.6 Å². The van der Waals surface area contributed by atoms with E-state index < -0.39 is 15.9 Å². The molecular weight excluding hydrogens is 350 g/mol. The van der Waals surface area contributed by atoms with Crippen molar-refractivity contribution in [3.8, 4) is 0 Å². The highest BCUT2D eigenvalue weighted by atomic mass is 35.5. The van der Waals surface area contributed by atoms with Gasteiger partial charge in [-0.2, -0.15) is 4.31 Å². The van der Waals surface area contributed by atoms with Crippen molar-refractivity contribution < 1.29 is 13.2 Å². The highest BCUT2D eigenvalue weighted by Gasteiger charge is 2.24. The van der Waals surface area contributed by atoms with E-state index in [0.717, 1.165) is 0 Å². The molecular formula is C16H18ClN3O3S. The van der Waals surface area contributed by atoms with Gasteiger partial charge in [0.25, 0.3) is 5.91 Å². The third-order valence-corrected chi connectivity index (χ3v) is 5.81. The molecule has 1 aromatic carbocycles. The molecule has 0 spiro atoms. The van der Waals surface area contributed by atoms with Crippen LogP contribution in [0.3, 0.4) is 0 Å². The topological polar surface area (TPSA) is 79.4 Å². The van der Waals surface area contributed by atoms with E-state index in [9.17, 15) is 13.2 Å². The molecule has 0 aliphatic rings. The van der Waals surface area contributed by atoms with E-state index in [0.29, 0.717) is 18.9 Å². The molecule has 1 aromatic heterocycles. The Morgan fingerprint density at radius 3 is 2.50 bits per heavy atom. The molecule has 0 bridgehead atoms. The third kappa shape index (κ3) is 3.92. The van der Waals surface area contributed by atoms with Gasteiger partial charge in [0.2, 0.25) is 10.0 Å². The molecule has 8 heteroatoms. The minimum absolute atomic E-state index is 0.0294. The van der Waals surface area contributed by atoms with Gasteiger partial charge in [0.05, 0.1) is 15.5 Å². The summed E-state index contributed by atoms with van der Waals surface area (Å²) in [5.41, 5.74) is 0.0792. The fourth-order valence-electron chi connectivity index (χ4n) is 2.17. The second-order valence-electron chi connectivity index (χ2n) is 4.90. The van der Waals surface area contributed by atoms with Crippen LogP contribution in [0, 0.1) is 0 Å². The first-order chi connectivity index (χ1) is 11.4. The molecule has 0 saturated heterocycles. The van der Waals surface area contributed by atoms with Crippen LogP contribution in [0.5, 0.6) is 0 Å². The normalized spacial score (nSPS) is 11.5. The monoisotopic (exact) mass is 367 g/mol. The molecule has 0 unspecified atom stereocenters. The number of benzene rings is 1. The van der Waals surface area contributed by atoms with Crippen LogP contribution in [-0.2, 0) is 10.0 Å². The fraction of sp³-hybridized carbons (Fsp3) is 0.250. The number of anilines is 1. The highest BCUT2D eigenvalue weighted by molar-refractivity contribution is 7.89. The quantitative estimate of drug-likeness (QED) is 0.851. The molecule has 24 heavy (non-hydrogen) atoms. The lowest BCUT2D eigenvalue weighted by molar-refractivity contribution is 0.102. The SMILES string of the molecule is CCN(CC)S(=O)(=O)c1ccc(Cl)c(C(=O)Nc2ccccn2)c1. The predicted molar refractivity (Wildman–Crippen MR) is 93.7 cm³/mol. The summed E-state index contributed by atoms with van der Waals surface area (Å²) in [7, 11) is -3.67. The first kappa shape index (κ1) is 18.4. The summed E-state index contributed by atoms with van der Waals surface area (Å²) in [6.07, 6.45) is 1.54. The number of sulfonamides is 1. The molecule has 0 aliphatic heterocycles. The lowest BCUT2D eigenvalue weighted by Gasteiger charge is -2.19. The Bertz CT molecular complexity index is 822. The molecule has 1 N–H and O–H groups in total. The molecule has 128 valence electrons. The Labute approximate surface area is 146 Å². The maximum atomic E-state index is 12.6. The Hall–Kier alpha value is -1.96. The zero-order valence-electron chi connectivity index (χ0n) is 13.4. The summed E-state index contributed by atoms with van der Waals surface area (Å²) in [5, 5.41) is 2.76. The van der Waals surface area contributed by atoms with E-state index >= 15 is 0 Å². The highest BCUT2D eigenvalue weighted by Crippen LogP contribution is 2.23. The van der Waals surface area contributed by atoms with Crippen LogP contribution < -0.4 is 5.32 Å². The van der Waals surface area contributed by atoms with Gasteiger partial charge in [-0.25, -0.2) is 13.4 Å². The summed E-state index contributed by atoms with van der Waals surface area (Å²) in [6.45, 7) is 4.20. The number of carbonyl (C=O) groups is 1. The van der Waals surface area contributed by atoms with Gasteiger partial charge in [0.15, 0.2) is 0 Å². The zero-order valence-corrected chi connectivity index (χ0v) is 14.9. The van der Waals surface area contributed by atoms with Crippen molar-refractivity contribution in [1.29, 1.82) is 0 Å². The number of carbonyl (C=O) groups excluding carboxylic acids is 1. The molecule has 2 aromatic rings. The van der Waals surface area contributed by atoms with Crippen molar-refractivity contribution in [2.24, 2.45) is 0 Å². The molecule has 0 saturated carbocycles. The lowest BCUT2D eigenvalue weighted by atomic mass is 10.2. The smallest absolute Gasteiger partial charge is 0.258 e. The Balaban J connectivity index is 2.37. The van der Waals surface area contributed by atoms with Crippen molar-refractivity contribution in [2.75, 3.05) is 18.4 Å². The molecule has 1 heterocycles. The molecule has 0 atom stereocenters. The lowest BCUT2D eigenvalue weighted by Crippen LogP contribution is -2.30. The van der Waals surface area contributed by atoms with Gasteiger partial charge in [0.1, 0.15) is 5.82 Å². The zero-order chi connectivity index (χ0) is 17.7. The first-order valence-corrected chi connectivity index (χ1v) is 9.24. The molecule has 0 fully saturated rings. The van der Waals surface area contributed by atoms with Crippen molar-refractivity contribution in [3.63, 3.8) is 0 Å². The summed E-state index contributed by atoms with van der Waals surface area (Å²) >= 11 is 6.07. The minimum Gasteiger partial charge on any atom is -0.307 e. The second kappa shape index (κ2) is 7.74. The van der Waals surface area contributed by atoms with Crippen molar-refractivity contribution >= 4 is 33.3 Å². The van der Waals surface area contributed by atoms with Crippen molar-refractivity contribution in [3.05, 3.63) is 53.2 Å². The van der Waals surface area contributed by atoms with Gasteiger partial charge >= 0.3 is 0 Å². The van der Waals surface area contributed by atoms with Gasteiger partial charge in [-0.1, -0.05) is 31.5 Å². The average Bonchev–Trinajstić information content (AvgIpc) is 2.56. The third-order valence-electron chi connectivity index (χ3n) is 3.43. The maximum Gasteiger partial charge on any atom is 0.258 e. The van der Waals surface area contributed by atoms with Crippen molar-refractivity contribution in [2.45, 2.75) is 18.7 Å². The number of rotatable bonds is 6. The average molecular weight is 368 g/mol. The number of hydrogen-bond donors (Lipinski definition) is 1. The van der Waals surface area contributed by atoms with E-state index in [1.54, 1.807) is 38.2 Å². The van der Waals surface area contributed by atoms with Crippen LogP contribution in [0.4, 0.5) is 5.82 Å². The predicted octanol–water partition coefficient (Wildman–Crippen LogP) is 3.02. The van der Waals surface area contributed by atoms with Gasteiger partial charge in [-0.05, 0) is 30.3 Å². The number of hydrogen-bond acceptors (Lipinski definition) is 4. The first-order valence-electron chi connectivity index (χ1n) is 7.42. The maximum absolute atomic E-state index is 12.6. The minimum atomic E-state index is -3.67. The second-order valence-corrected chi connectivity index (χ2v) is 7.25. The number of halogens is 1. The molecule has 0 radical (unpaired) electrons.